The largest absolute Gasteiger partial charge is 0.339 e. The number of aromatic nitrogens is 2. The summed E-state index contributed by atoms with van der Waals surface area (Å²) >= 11 is 0. The Morgan fingerprint density at radius 3 is 2.69 bits per heavy atom. The number of hydrogen-bond donors (Lipinski definition) is 0. The van der Waals surface area contributed by atoms with Gasteiger partial charge in [-0.3, -0.25) is 0 Å². The van der Waals surface area contributed by atoms with Gasteiger partial charge in [-0.1, -0.05) is 35.0 Å². The molecule has 0 saturated carbocycles. The molecule has 0 bridgehead atoms. The summed E-state index contributed by atoms with van der Waals surface area (Å²) in [6, 6.07) is 13.2. The normalized spacial score (nSPS) is 18.1. The second-order valence-corrected chi connectivity index (χ2v) is 9.32. The molecule has 8 heteroatoms. The van der Waals surface area contributed by atoms with Gasteiger partial charge >= 0.3 is 0 Å². The van der Waals surface area contributed by atoms with Crippen LogP contribution in [0.15, 0.2) is 57.9 Å². The molecule has 0 N–H and O–H groups in total. The standard InChI is InChI=1S/C21H22FN3O3S/c1-15-8-10-17(11-9-15)29(26,27)25-12-4-5-16(14-25)13-20-23-21(24-28-20)18-6-2-3-7-19(18)22/h2-3,6-11,16H,4-5,12-14H2,1H3. The van der Waals surface area contributed by atoms with Gasteiger partial charge in [0.15, 0.2) is 0 Å². The molecule has 0 amide bonds. The Kier molecular flexibility index (Phi) is 5.47. The minimum absolute atomic E-state index is 0.0675. The zero-order chi connectivity index (χ0) is 20.4. The first-order valence-electron chi connectivity index (χ1n) is 9.58. The van der Waals surface area contributed by atoms with Crippen LogP contribution < -0.4 is 0 Å². The molecule has 0 aliphatic carbocycles. The highest BCUT2D eigenvalue weighted by molar-refractivity contribution is 7.89. The van der Waals surface area contributed by atoms with Crippen molar-refractivity contribution in [1.29, 1.82) is 0 Å². The van der Waals surface area contributed by atoms with Crippen molar-refractivity contribution in [3.8, 4) is 11.4 Å². The molecule has 2 heterocycles. The van der Waals surface area contributed by atoms with Gasteiger partial charge in [-0.15, -0.1) is 0 Å². The Hall–Kier alpha value is -2.58. The summed E-state index contributed by atoms with van der Waals surface area (Å²) in [7, 11) is -3.53. The molecule has 1 unspecified atom stereocenters. The third-order valence-corrected chi connectivity index (χ3v) is 7.07. The Balaban J connectivity index is 1.47. The third kappa shape index (κ3) is 4.23. The Morgan fingerprint density at radius 1 is 1.17 bits per heavy atom. The predicted octanol–water partition coefficient (Wildman–Crippen LogP) is 3.83. The van der Waals surface area contributed by atoms with Crippen LogP contribution in [-0.2, 0) is 16.4 Å². The maximum atomic E-state index is 13.9. The van der Waals surface area contributed by atoms with E-state index in [2.05, 4.69) is 10.1 Å². The first-order chi connectivity index (χ1) is 13.9. The molecule has 1 aliphatic rings. The van der Waals surface area contributed by atoms with Crippen LogP contribution in [0.2, 0.25) is 0 Å². The molecule has 1 saturated heterocycles. The molecule has 4 rings (SSSR count). The van der Waals surface area contributed by atoms with Crippen molar-refractivity contribution in [3.05, 3.63) is 65.8 Å². The van der Waals surface area contributed by atoms with E-state index in [4.69, 9.17) is 4.52 Å². The molecule has 0 spiro atoms. The second-order valence-electron chi connectivity index (χ2n) is 7.38. The minimum Gasteiger partial charge on any atom is -0.339 e. The monoisotopic (exact) mass is 415 g/mol. The molecule has 152 valence electrons. The van der Waals surface area contributed by atoms with Gasteiger partial charge in [-0.25, -0.2) is 12.8 Å². The lowest BCUT2D eigenvalue weighted by Crippen LogP contribution is -2.40. The Bertz CT molecular complexity index is 1100. The van der Waals surface area contributed by atoms with E-state index in [0.717, 1.165) is 18.4 Å². The van der Waals surface area contributed by atoms with Crippen molar-refractivity contribution in [1.82, 2.24) is 14.4 Å². The lowest BCUT2D eigenvalue weighted by Gasteiger charge is -2.31. The predicted molar refractivity (Wildman–Crippen MR) is 106 cm³/mol. The average molecular weight is 415 g/mol. The Morgan fingerprint density at radius 2 is 1.93 bits per heavy atom. The molecule has 29 heavy (non-hydrogen) atoms. The smallest absolute Gasteiger partial charge is 0.243 e. The number of aryl methyl sites for hydroxylation is 1. The lowest BCUT2D eigenvalue weighted by atomic mass is 9.96. The average Bonchev–Trinajstić information content (AvgIpc) is 3.17. The molecule has 3 aromatic rings. The van der Waals surface area contributed by atoms with E-state index in [1.165, 1.54) is 10.4 Å². The molecule has 2 aromatic carbocycles. The highest BCUT2D eigenvalue weighted by Gasteiger charge is 2.31. The van der Waals surface area contributed by atoms with Gasteiger partial charge in [0, 0.05) is 19.5 Å². The molecule has 1 aromatic heterocycles. The fourth-order valence-corrected chi connectivity index (χ4v) is 5.16. The topological polar surface area (TPSA) is 76.3 Å². The van der Waals surface area contributed by atoms with Gasteiger partial charge in [0.2, 0.25) is 21.7 Å². The number of benzene rings is 2. The van der Waals surface area contributed by atoms with Crippen LogP contribution in [0.4, 0.5) is 4.39 Å². The maximum absolute atomic E-state index is 13.9. The van der Waals surface area contributed by atoms with Crippen LogP contribution in [0, 0.1) is 18.7 Å². The molecule has 6 nitrogen and oxygen atoms in total. The maximum Gasteiger partial charge on any atom is 0.243 e. The number of piperidine rings is 1. The van der Waals surface area contributed by atoms with Crippen molar-refractivity contribution in [2.75, 3.05) is 13.1 Å². The summed E-state index contributed by atoms with van der Waals surface area (Å²) in [5, 5.41) is 3.88. The number of sulfonamides is 1. The lowest BCUT2D eigenvalue weighted by molar-refractivity contribution is 0.247. The molecule has 1 aliphatic heterocycles. The Labute approximate surface area is 169 Å². The van der Waals surface area contributed by atoms with Gasteiger partial charge in [0.05, 0.1) is 10.5 Å². The number of hydrogen-bond acceptors (Lipinski definition) is 5. The van der Waals surface area contributed by atoms with Crippen LogP contribution >= 0.6 is 0 Å². The van der Waals surface area contributed by atoms with Gasteiger partial charge in [-0.2, -0.15) is 9.29 Å². The molecule has 1 atom stereocenters. The van der Waals surface area contributed by atoms with Crippen LogP contribution in [0.3, 0.4) is 0 Å². The summed E-state index contributed by atoms with van der Waals surface area (Å²) in [5.74, 6) is 0.256. The minimum atomic E-state index is -3.53. The number of nitrogens with zero attached hydrogens (tertiary/aromatic N) is 3. The molecule has 1 fully saturated rings. The summed E-state index contributed by atoms with van der Waals surface area (Å²) in [5.41, 5.74) is 1.30. The van der Waals surface area contributed by atoms with Gasteiger partial charge < -0.3 is 4.52 Å². The second kappa shape index (κ2) is 8.04. The van der Waals surface area contributed by atoms with Crippen molar-refractivity contribution in [3.63, 3.8) is 0 Å². The zero-order valence-electron chi connectivity index (χ0n) is 16.1. The molecule has 0 radical (unpaired) electrons. The number of rotatable bonds is 5. The summed E-state index contributed by atoms with van der Waals surface area (Å²) < 4.78 is 46.7. The van der Waals surface area contributed by atoms with Gasteiger partial charge in [0.25, 0.3) is 0 Å². The van der Waals surface area contributed by atoms with Crippen LogP contribution in [-0.4, -0.2) is 36.0 Å². The van der Waals surface area contributed by atoms with Gasteiger partial charge in [-0.05, 0) is 49.9 Å². The molecular weight excluding hydrogens is 393 g/mol. The van der Waals surface area contributed by atoms with E-state index in [9.17, 15) is 12.8 Å². The third-order valence-electron chi connectivity index (χ3n) is 5.19. The van der Waals surface area contributed by atoms with E-state index in [1.807, 2.05) is 6.92 Å². The van der Waals surface area contributed by atoms with Crippen molar-refractivity contribution < 1.29 is 17.3 Å². The number of halogens is 1. The fourth-order valence-electron chi connectivity index (χ4n) is 3.61. The fraction of sp³-hybridized carbons (Fsp3) is 0.333. The van der Waals surface area contributed by atoms with E-state index >= 15 is 0 Å². The first kappa shape index (κ1) is 19.7. The highest BCUT2D eigenvalue weighted by atomic mass is 32.2. The van der Waals surface area contributed by atoms with Crippen molar-refractivity contribution >= 4 is 10.0 Å². The quantitative estimate of drug-likeness (QED) is 0.633. The summed E-state index contributed by atoms with van der Waals surface area (Å²) in [6.45, 7) is 2.82. The molecular formula is C21H22FN3O3S. The summed E-state index contributed by atoms with van der Waals surface area (Å²) in [6.07, 6.45) is 2.10. The van der Waals surface area contributed by atoms with Crippen molar-refractivity contribution in [2.24, 2.45) is 5.92 Å². The zero-order valence-corrected chi connectivity index (χ0v) is 16.9. The van der Waals surface area contributed by atoms with Crippen molar-refractivity contribution in [2.45, 2.75) is 31.1 Å². The van der Waals surface area contributed by atoms with Gasteiger partial charge in [0.1, 0.15) is 5.82 Å². The van der Waals surface area contributed by atoms with E-state index < -0.39 is 15.8 Å². The van der Waals surface area contributed by atoms with Crippen LogP contribution in [0.25, 0.3) is 11.4 Å². The SMILES string of the molecule is Cc1ccc(S(=O)(=O)N2CCCC(Cc3nc(-c4ccccc4F)no3)C2)cc1. The van der Waals surface area contributed by atoms with E-state index in [-0.39, 0.29) is 17.3 Å². The summed E-state index contributed by atoms with van der Waals surface area (Å²) in [4.78, 5) is 4.61. The van der Waals surface area contributed by atoms with E-state index in [1.54, 1.807) is 42.5 Å². The highest BCUT2D eigenvalue weighted by Crippen LogP contribution is 2.27. The van der Waals surface area contributed by atoms with Crippen LogP contribution in [0.1, 0.15) is 24.3 Å². The first-order valence-corrected chi connectivity index (χ1v) is 11.0. The van der Waals surface area contributed by atoms with Crippen LogP contribution in [0.5, 0.6) is 0 Å². The van der Waals surface area contributed by atoms with E-state index in [0.29, 0.717) is 30.3 Å².